The van der Waals surface area contributed by atoms with Crippen LogP contribution >= 0.6 is 0 Å². The van der Waals surface area contributed by atoms with Gasteiger partial charge >= 0.3 is 0 Å². The van der Waals surface area contributed by atoms with E-state index in [0.29, 0.717) is 6.42 Å². The second-order valence-corrected chi connectivity index (χ2v) is 5.83. The molecule has 116 valence electrons. The lowest BCUT2D eigenvalue weighted by Crippen LogP contribution is -2.35. The molecule has 0 aliphatic carbocycles. The Morgan fingerprint density at radius 3 is 2.68 bits per heavy atom. The van der Waals surface area contributed by atoms with Crippen LogP contribution in [0.1, 0.15) is 12.0 Å². The van der Waals surface area contributed by atoms with Crippen LogP contribution in [0.2, 0.25) is 0 Å². The summed E-state index contributed by atoms with van der Waals surface area (Å²) in [6, 6.07) is 9.93. The van der Waals surface area contributed by atoms with Gasteiger partial charge in [-0.3, -0.25) is 4.79 Å². The average molecular weight is 298 g/mol. The molecular weight excluding hydrogens is 276 g/mol. The van der Waals surface area contributed by atoms with Gasteiger partial charge in [0.05, 0.1) is 12.1 Å². The highest BCUT2D eigenvalue weighted by Crippen LogP contribution is 2.11. The second kappa shape index (κ2) is 6.75. The number of likely N-dealkylation sites (N-methyl/N-ethyl adjacent to an activating group) is 1. The predicted molar refractivity (Wildman–Crippen MR) is 86.0 cm³/mol. The Bertz CT molecular complexity index is 606. The molecule has 1 aliphatic heterocycles. The third kappa shape index (κ3) is 3.54. The van der Waals surface area contributed by atoms with Gasteiger partial charge in [0.25, 0.3) is 0 Å². The molecule has 0 bridgehead atoms. The van der Waals surface area contributed by atoms with Crippen molar-refractivity contribution in [3.8, 4) is 5.69 Å². The molecule has 0 radical (unpaired) electrons. The Kier molecular flexibility index (Phi) is 4.53. The van der Waals surface area contributed by atoms with Crippen LogP contribution in [0.3, 0.4) is 0 Å². The molecule has 0 N–H and O–H groups in total. The monoisotopic (exact) mass is 298 g/mol. The van der Waals surface area contributed by atoms with Gasteiger partial charge in [0.1, 0.15) is 0 Å². The summed E-state index contributed by atoms with van der Waals surface area (Å²) < 4.78 is 1.82. The van der Waals surface area contributed by atoms with Crippen molar-refractivity contribution in [3.63, 3.8) is 0 Å². The lowest BCUT2D eigenvalue weighted by atomic mass is 10.1. The summed E-state index contributed by atoms with van der Waals surface area (Å²) >= 11 is 0. The number of amides is 1. The molecule has 1 aliphatic rings. The van der Waals surface area contributed by atoms with E-state index < -0.39 is 0 Å². The summed E-state index contributed by atoms with van der Waals surface area (Å²) in [5.74, 6) is 0.224. The van der Waals surface area contributed by atoms with Gasteiger partial charge in [0.15, 0.2) is 0 Å². The van der Waals surface area contributed by atoms with Crippen LogP contribution < -0.4 is 0 Å². The first kappa shape index (κ1) is 14.8. The van der Waals surface area contributed by atoms with E-state index in [-0.39, 0.29) is 5.91 Å². The standard InChI is InChI=1S/C17H22N4O/c1-19-9-3-10-20(13-12-19)17(22)14-15-4-6-16(7-5-15)21-11-2-8-18-21/h2,4-8,11H,3,9-10,12-14H2,1H3. The van der Waals surface area contributed by atoms with Crippen LogP contribution in [0, 0.1) is 0 Å². The van der Waals surface area contributed by atoms with Crippen LogP contribution in [-0.2, 0) is 11.2 Å². The van der Waals surface area contributed by atoms with E-state index in [1.165, 1.54) is 0 Å². The van der Waals surface area contributed by atoms with E-state index in [9.17, 15) is 4.79 Å². The van der Waals surface area contributed by atoms with E-state index in [4.69, 9.17) is 0 Å². The zero-order valence-corrected chi connectivity index (χ0v) is 13.0. The maximum absolute atomic E-state index is 12.4. The fourth-order valence-electron chi connectivity index (χ4n) is 2.77. The fraction of sp³-hybridized carbons (Fsp3) is 0.412. The number of hydrogen-bond acceptors (Lipinski definition) is 3. The quantitative estimate of drug-likeness (QED) is 0.864. The Morgan fingerprint density at radius 2 is 1.95 bits per heavy atom. The molecule has 0 atom stereocenters. The molecule has 0 spiro atoms. The lowest BCUT2D eigenvalue weighted by Gasteiger charge is -2.20. The molecule has 0 saturated carbocycles. The third-order valence-corrected chi connectivity index (χ3v) is 4.13. The van der Waals surface area contributed by atoms with E-state index >= 15 is 0 Å². The van der Waals surface area contributed by atoms with E-state index in [2.05, 4.69) is 17.0 Å². The highest BCUT2D eigenvalue weighted by Gasteiger charge is 2.17. The van der Waals surface area contributed by atoms with E-state index in [1.54, 1.807) is 6.20 Å². The predicted octanol–water partition coefficient (Wildman–Crippen LogP) is 1.58. The molecule has 2 aromatic rings. The highest BCUT2D eigenvalue weighted by atomic mass is 16.2. The zero-order chi connectivity index (χ0) is 15.4. The van der Waals surface area contributed by atoms with Crippen molar-refractivity contribution in [2.75, 3.05) is 33.2 Å². The lowest BCUT2D eigenvalue weighted by molar-refractivity contribution is -0.130. The molecule has 1 aromatic carbocycles. The highest BCUT2D eigenvalue weighted by molar-refractivity contribution is 5.78. The maximum atomic E-state index is 12.4. The molecule has 1 fully saturated rings. The summed E-state index contributed by atoms with van der Waals surface area (Å²) in [4.78, 5) is 16.7. The van der Waals surface area contributed by atoms with E-state index in [1.807, 2.05) is 46.1 Å². The molecule has 1 amide bonds. The van der Waals surface area contributed by atoms with Gasteiger partial charge in [-0.2, -0.15) is 5.10 Å². The Balaban J connectivity index is 1.61. The van der Waals surface area contributed by atoms with Crippen molar-refractivity contribution >= 4 is 5.91 Å². The van der Waals surface area contributed by atoms with Crippen LogP contribution in [0.25, 0.3) is 5.69 Å². The molecule has 2 heterocycles. The largest absolute Gasteiger partial charge is 0.341 e. The number of aromatic nitrogens is 2. The van der Waals surface area contributed by atoms with Gasteiger partial charge in [-0.15, -0.1) is 0 Å². The maximum Gasteiger partial charge on any atom is 0.227 e. The molecular formula is C17H22N4O. The van der Waals surface area contributed by atoms with Crippen molar-refractivity contribution in [2.24, 2.45) is 0 Å². The number of hydrogen-bond donors (Lipinski definition) is 0. The Morgan fingerprint density at radius 1 is 1.14 bits per heavy atom. The smallest absolute Gasteiger partial charge is 0.227 e. The van der Waals surface area contributed by atoms with Gasteiger partial charge in [-0.05, 0) is 43.8 Å². The Labute approximate surface area is 131 Å². The molecule has 1 saturated heterocycles. The van der Waals surface area contributed by atoms with Crippen molar-refractivity contribution in [1.82, 2.24) is 19.6 Å². The summed E-state index contributed by atoms with van der Waals surface area (Å²) in [5, 5.41) is 4.20. The molecule has 3 rings (SSSR count). The number of nitrogens with zero attached hydrogens (tertiary/aromatic N) is 4. The third-order valence-electron chi connectivity index (χ3n) is 4.13. The first-order valence-corrected chi connectivity index (χ1v) is 7.78. The molecule has 5 heteroatoms. The van der Waals surface area contributed by atoms with Gasteiger partial charge in [0, 0.05) is 32.0 Å². The average Bonchev–Trinajstić information content (AvgIpc) is 2.97. The van der Waals surface area contributed by atoms with Gasteiger partial charge in [0.2, 0.25) is 5.91 Å². The first-order chi connectivity index (χ1) is 10.7. The van der Waals surface area contributed by atoms with Gasteiger partial charge < -0.3 is 9.80 Å². The van der Waals surface area contributed by atoms with Gasteiger partial charge in [-0.1, -0.05) is 12.1 Å². The van der Waals surface area contributed by atoms with Crippen molar-refractivity contribution in [1.29, 1.82) is 0 Å². The molecule has 5 nitrogen and oxygen atoms in total. The zero-order valence-electron chi connectivity index (χ0n) is 13.0. The number of carbonyl (C=O) groups excluding carboxylic acids is 1. The normalized spacial score (nSPS) is 16.5. The fourth-order valence-corrected chi connectivity index (χ4v) is 2.77. The minimum atomic E-state index is 0.224. The van der Waals surface area contributed by atoms with Gasteiger partial charge in [-0.25, -0.2) is 4.68 Å². The summed E-state index contributed by atoms with van der Waals surface area (Å²) in [7, 11) is 2.11. The van der Waals surface area contributed by atoms with Crippen molar-refractivity contribution in [3.05, 3.63) is 48.3 Å². The number of benzene rings is 1. The topological polar surface area (TPSA) is 41.4 Å². The molecule has 1 aromatic heterocycles. The summed E-state index contributed by atoms with van der Waals surface area (Å²) in [6.07, 6.45) is 5.20. The minimum Gasteiger partial charge on any atom is -0.341 e. The second-order valence-electron chi connectivity index (χ2n) is 5.83. The van der Waals surface area contributed by atoms with Crippen molar-refractivity contribution < 1.29 is 4.79 Å². The minimum absolute atomic E-state index is 0.224. The SMILES string of the molecule is CN1CCCN(C(=O)Cc2ccc(-n3cccn3)cc2)CC1. The van der Waals surface area contributed by atoms with Crippen LogP contribution in [0.4, 0.5) is 0 Å². The van der Waals surface area contributed by atoms with Crippen molar-refractivity contribution in [2.45, 2.75) is 12.8 Å². The van der Waals surface area contributed by atoms with Crippen LogP contribution in [0.5, 0.6) is 0 Å². The summed E-state index contributed by atoms with van der Waals surface area (Å²) in [6.45, 7) is 3.74. The summed E-state index contributed by atoms with van der Waals surface area (Å²) in [5.41, 5.74) is 2.07. The van der Waals surface area contributed by atoms with E-state index in [0.717, 1.165) is 43.9 Å². The molecule has 0 unspecified atom stereocenters. The Hall–Kier alpha value is -2.14. The van der Waals surface area contributed by atoms with Crippen LogP contribution in [0.15, 0.2) is 42.7 Å². The number of carbonyl (C=O) groups is 1. The van der Waals surface area contributed by atoms with Crippen LogP contribution in [-0.4, -0.2) is 58.7 Å². The first-order valence-electron chi connectivity index (χ1n) is 7.78. The molecule has 22 heavy (non-hydrogen) atoms. The number of rotatable bonds is 3.